The van der Waals surface area contributed by atoms with Gasteiger partial charge in [0.15, 0.2) is 0 Å². The molecule has 4 heteroatoms. The van der Waals surface area contributed by atoms with Crippen molar-refractivity contribution < 1.29 is 4.79 Å². The molecule has 1 N–H and O–H groups in total. The average molecular weight is 297 g/mol. The maximum atomic E-state index is 12.7. The molecule has 0 saturated carbocycles. The highest BCUT2D eigenvalue weighted by atomic mass is 35.5. The number of aryl methyl sites for hydroxylation is 2. The number of carbonyl (C=O) groups is 1. The molecule has 1 heterocycles. The van der Waals surface area contributed by atoms with Gasteiger partial charge in [-0.25, -0.2) is 0 Å². The van der Waals surface area contributed by atoms with Crippen molar-refractivity contribution in [2.75, 3.05) is 26.7 Å². The molecule has 3 nitrogen and oxygen atoms in total. The molecule has 1 fully saturated rings. The Bertz CT molecular complexity index is 440. The zero-order chi connectivity index (χ0) is 13.8. The minimum Gasteiger partial charge on any atom is -0.338 e. The Balaban J connectivity index is 0.00000200. The molecular weight excluding hydrogens is 272 g/mol. The zero-order valence-electron chi connectivity index (χ0n) is 12.6. The van der Waals surface area contributed by atoms with Gasteiger partial charge in [-0.15, -0.1) is 12.4 Å². The van der Waals surface area contributed by atoms with Crippen LogP contribution in [-0.2, 0) is 0 Å². The second-order valence-electron chi connectivity index (χ2n) is 5.58. The van der Waals surface area contributed by atoms with Crippen LogP contribution < -0.4 is 5.32 Å². The lowest BCUT2D eigenvalue weighted by molar-refractivity contribution is 0.0673. The molecule has 1 aromatic carbocycles. The quantitative estimate of drug-likeness (QED) is 0.930. The Morgan fingerprint density at radius 1 is 1.35 bits per heavy atom. The van der Waals surface area contributed by atoms with E-state index in [1.807, 2.05) is 44.0 Å². The second-order valence-corrected chi connectivity index (χ2v) is 5.58. The number of nitrogens with zero attached hydrogens (tertiary/aromatic N) is 1. The fraction of sp³-hybridized carbons (Fsp3) is 0.562. The minimum atomic E-state index is 0. The summed E-state index contributed by atoms with van der Waals surface area (Å²) >= 11 is 0. The summed E-state index contributed by atoms with van der Waals surface area (Å²) < 4.78 is 0. The van der Waals surface area contributed by atoms with Gasteiger partial charge in [0.2, 0.25) is 0 Å². The lowest BCUT2D eigenvalue weighted by Crippen LogP contribution is -2.42. The summed E-state index contributed by atoms with van der Waals surface area (Å²) in [6, 6.07) is 6.06. The second kappa shape index (κ2) is 7.65. The molecule has 1 saturated heterocycles. The Kier molecular flexibility index (Phi) is 6.50. The third kappa shape index (κ3) is 3.74. The molecule has 1 atom stereocenters. The largest absolute Gasteiger partial charge is 0.338 e. The lowest BCUT2D eigenvalue weighted by atomic mass is 9.95. The standard InChI is InChI=1S/C16H24N2O.ClH/c1-12-6-4-7-13(2)15(12)16(19)18-9-5-8-14(11-18)10-17-3;/h4,6-7,14,17H,5,8-11H2,1-3H3;1H. The fourth-order valence-corrected chi connectivity index (χ4v) is 3.01. The molecular formula is C16H25ClN2O. The first-order valence-electron chi connectivity index (χ1n) is 7.13. The molecule has 0 radical (unpaired) electrons. The van der Waals surface area contributed by atoms with E-state index in [1.54, 1.807) is 0 Å². The van der Waals surface area contributed by atoms with Crippen LogP contribution in [0.25, 0.3) is 0 Å². The van der Waals surface area contributed by atoms with Crippen LogP contribution in [0.15, 0.2) is 18.2 Å². The van der Waals surface area contributed by atoms with E-state index in [9.17, 15) is 4.79 Å². The topological polar surface area (TPSA) is 32.3 Å². The van der Waals surface area contributed by atoms with E-state index in [2.05, 4.69) is 5.32 Å². The third-order valence-corrected chi connectivity index (χ3v) is 3.99. The van der Waals surface area contributed by atoms with E-state index in [0.29, 0.717) is 5.92 Å². The lowest BCUT2D eigenvalue weighted by Gasteiger charge is -2.33. The number of halogens is 1. The van der Waals surface area contributed by atoms with Gasteiger partial charge >= 0.3 is 0 Å². The Morgan fingerprint density at radius 3 is 2.60 bits per heavy atom. The molecule has 112 valence electrons. The molecule has 1 amide bonds. The Hall–Kier alpha value is -1.06. The molecule has 1 aliphatic rings. The molecule has 0 spiro atoms. The van der Waals surface area contributed by atoms with Crippen LogP contribution in [0.4, 0.5) is 0 Å². The fourth-order valence-electron chi connectivity index (χ4n) is 3.01. The van der Waals surface area contributed by atoms with Crippen molar-refractivity contribution in [3.05, 3.63) is 34.9 Å². The number of hydrogen-bond donors (Lipinski definition) is 1. The molecule has 1 aromatic rings. The predicted octanol–water partition coefficient (Wildman–Crippen LogP) is 2.80. The number of carbonyl (C=O) groups excluding carboxylic acids is 1. The third-order valence-electron chi connectivity index (χ3n) is 3.99. The number of nitrogens with one attached hydrogen (secondary N) is 1. The van der Waals surface area contributed by atoms with Crippen molar-refractivity contribution in [2.45, 2.75) is 26.7 Å². The molecule has 0 aromatic heterocycles. The van der Waals surface area contributed by atoms with Crippen molar-refractivity contribution in [2.24, 2.45) is 5.92 Å². The monoisotopic (exact) mass is 296 g/mol. The van der Waals surface area contributed by atoms with Gasteiger partial charge in [-0.05, 0) is 57.3 Å². The van der Waals surface area contributed by atoms with Crippen LogP contribution in [0.2, 0.25) is 0 Å². The van der Waals surface area contributed by atoms with Crippen molar-refractivity contribution in [3.8, 4) is 0 Å². The normalized spacial score (nSPS) is 18.6. The van der Waals surface area contributed by atoms with Crippen LogP contribution in [0, 0.1) is 19.8 Å². The highest BCUT2D eigenvalue weighted by Gasteiger charge is 2.25. The number of hydrogen-bond acceptors (Lipinski definition) is 2. The average Bonchev–Trinajstić information content (AvgIpc) is 2.39. The predicted molar refractivity (Wildman–Crippen MR) is 85.7 cm³/mol. The molecule has 1 unspecified atom stereocenters. The van der Waals surface area contributed by atoms with Crippen molar-refractivity contribution in [1.29, 1.82) is 0 Å². The number of rotatable bonds is 3. The van der Waals surface area contributed by atoms with Gasteiger partial charge in [0, 0.05) is 18.7 Å². The van der Waals surface area contributed by atoms with Crippen molar-refractivity contribution in [3.63, 3.8) is 0 Å². The van der Waals surface area contributed by atoms with Crippen LogP contribution in [0.1, 0.15) is 34.3 Å². The summed E-state index contributed by atoms with van der Waals surface area (Å²) in [4.78, 5) is 14.7. The maximum absolute atomic E-state index is 12.7. The summed E-state index contributed by atoms with van der Waals surface area (Å²) in [6.07, 6.45) is 2.33. The van der Waals surface area contributed by atoms with Crippen LogP contribution >= 0.6 is 12.4 Å². The maximum Gasteiger partial charge on any atom is 0.254 e. The molecule has 0 aliphatic carbocycles. The Morgan fingerprint density at radius 2 is 2.00 bits per heavy atom. The first-order valence-corrected chi connectivity index (χ1v) is 7.13. The number of likely N-dealkylation sites (tertiary alicyclic amines) is 1. The van der Waals surface area contributed by atoms with E-state index in [1.165, 1.54) is 6.42 Å². The van der Waals surface area contributed by atoms with Crippen LogP contribution in [-0.4, -0.2) is 37.5 Å². The number of piperidine rings is 1. The van der Waals surface area contributed by atoms with E-state index in [0.717, 1.165) is 42.7 Å². The highest BCUT2D eigenvalue weighted by Crippen LogP contribution is 2.21. The first-order chi connectivity index (χ1) is 9.13. The zero-order valence-corrected chi connectivity index (χ0v) is 13.4. The minimum absolute atomic E-state index is 0. The molecule has 2 rings (SSSR count). The van der Waals surface area contributed by atoms with Gasteiger partial charge in [-0.3, -0.25) is 4.79 Å². The number of benzene rings is 1. The Labute approximate surface area is 128 Å². The summed E-state index contributed by atoms with van der Waals surface area (Å²) in [5, 5.41) is 3.22. The SMILES string of the molecule is CNCC1CCCN(C(=O)c2c(C)cccc2C)C1.Cl. The van der Waals surface area contributed by atoms with Gasteiger partial charge in [-0.2, -0.15) is 0 Å². The number of amides is 1. The summed E-state index contributed by atoms with van der Waals surface area (Å²) in [5.74, 6) is 0.795. The van der Waals surface area contributed by atoms with Gasteiger partial charge in [0.25, 0.3) is 5.91 Å². The van der Waals surface area contributed by atoms with Crippen LogP contribution in [0.3, 0.4) is 0 Å². The van der Waals surface area contributed by atoms with Crippen molar-refractivity contribution >= 4 is 18.3 Å². The highest BCUT2D eigenvalue weighted by molar-refractivity contribution is 5.97. The van der Waals surface area contributed by atoms with Gasteiger partial charge in [-0.1, -0.05) is 18.2 Å². The molecule has 20 heavy (non-hydrogen) atoms. The van der Waals surface area contributed by atoms with Gasteiger partial charge < -0.3 is 10.2 Å². The molecule has 1 aliphatic heterocycles. The summed E-state index contributed by atoms with van der Waals surface area (Å²) in [6.45, 7) is 6.82. The van der Waals surface area contributed by atoms with E-state index >= 15 is 0 Å². The van der Waals surface area contributed by atoms with E-state index in [-0.39, 0.29) is 18.3 Å². The molecule has 0 bridgehead atoms. The van der Waals surface area contributed by atoms with Crippen LogP contribution in [0.5, 0.6) is 0 Å². The van der Waals surface area contributed by atoms with E-state index < -0.39 is 0 Å². The van der Waals surface area contributed by atoms with E-state index in [4.69, 9.17) is 0 Å². The van der Waals surface area contributed by atoms with Gasteiger partial charge in [0.05, 0.1) is 0 Å². The van der Waals surface area contributed by atoms with Gasteiger partial charge in [0.1, 0.15) is 0 Å². The summed E-state index contributed by atoms with van der Waals surface area (Å²) in [7, 11) is 1.98. The smallest absolute Gasteiger partial charge is 0.254 e. The first kappa shape index (κ1) is 17.0. The summed E-state index contributed by atoms with van der Waals surface area (Å²) in [5.41, 5.74) is 3.06. The van der Waals surface area contributed by atoms with Crippen molar-refractivity contribution in [1.82, 2.24) is 10.2 Å².